The molecule has 2 rings (SSSR count). The third-order valence-electron chi connectivity index (χ3n) is 3.32. The summed E-state index contributed by atoms with van der Waals surface area (Å²) < 4.78 is 7.33. The molecule has 0 aliphatic rings. The van der Waals surface area contributed by atoms with Gasteiger partial charge in [-0.1, -0.05) is 6.07 Å². The second-order valence-electron chi connectivity index (χ2n) is 4.89. The number of aromatic nitrogens is 2. The van der Waals surface area contributed by atoms with Crippen LogP contribution in [0.1, 0.15) is 30.0 Å². The topological polar surface area (TPSA) is 90.4 Å². The fourth-order valence-corrected chi connectivity index (χ4v) is 2.04. The van der Waals surface area contributed by atoms with Crippen molar-refractivity contribution in [3.8, 4) is 11.5 Å². The summed E-state index contributed by atoms with van der Waals surface area (Å²) in [4.78, 5) is 10.7. The zero-order valence-corrected chi connectivity index (χ0v) is 12.3. The zero-order valence-electron chi connectivity index (χ0n) is 12.3. The van der Waals surface area contributed by atoms with E-state index in [1.807, 2.05) is 6.92 Å². The van der Waals surface area contributed by atoms with Crippen molar-refractivity contribution in [1.29, 1.82) is 0 Å². The van der Waals surface area contributed by atoms with Crippen molar-refractivity contribution >= 4 is 5.69 Å². The van der Waals surface area contributed by atoms with Gasteiger partial charge >= 0.3 is 5.69 Å². The van der Waals surface area contributed by atoms with Gasteiger partial charge < -0.3 is 9.84 Å². The van der Waals surface area contributed by atoms with E-state index < -0.39 is 11.0 Å². The number of hydrogen-bond donors (Lipinski definition) is 1. The van der Waals surface area contributed by atoms with Crippen molar-refractivity contribution in [2.75, 3.05) is 0 Å². The Morgan fingerprint density at radius 1 is 1.43 bits per heavy atom. The number of nitro groups is 1. The van der Waals surface area contributed by atoms with Gasteiger partial charge in [-0.15, -0.1) is 0 Å². The number of benzene rings is 1. The van der Waals surface area contributed by atoms with Crippen LogP contribution in [-0.4, -0.2) is 19.8 Å². The van der Waals surface area contributed by atoms with E-state index in [0.29, 0.717) is 17.0 Å². The summed E-state index contributed by atoms with van der Waals surface area (Å²) in [5.41, 5.74) is 1.72. The van der Waals surface area contributed by atoms with E-state index in [1.165, 1.54) is 12.1 Å². The van der Waals surface area contributed by atoms with Gasteiger partial charge in [-0.05, 0) is 32.4 Å². The van der Waals surface area contributed by atoms with E-state index in [0.717, 1.165) is 5.69 Å². The summed E-state index contributed by atoms with van der Waals surface area (Å²) in [6.45, 7) is 5.15. The first kappa shape index (κ1) is 15.0. The van der Waals surface area contributed by atoms with Crippen LogP contribution in [-0.2, 0) is 7.05 Å². The van der Waals surface area contributed by atoms with Crippen molar-refractivity contribution in [1.82, 2.24) is 9.78 Å². The lowest BCUT2D eigenvalue weighted by molar-refractivity contribution is -0.385. The normalized spacial score (nSPS) is 12.2. The van der Waals surface area contributed by atoms with Crippen molar-refractivity contribution < 1.29 is 14.8 Å². The van der Waals surface area contributed by atoms with Gasteiger partial charge in [-0.25, -0.2) is 0 Å². The number of aliphatic hydroxyl groups excluding tert-OH is 1. The monoisotopic (exact) mass is 291 g/mol. The highest BCUT2D eigenvalue weighted by atomic mass is 16.6. The summed E-state index contributed by atoms with van der Waals surface area (Å²) in [7, 11) is 1.78. The lowest BCUT2D eigenvalue weighted by Crippen LogP contribution is -1.98. The molecule has 1 aromatic carbocycles. The smallest absolute Gasteiger partial charge is 0.311 e. The van der Waals surface area contributed by atoms with Crippen LogP contribution >= 0.6 is 0 Å². The number of nitro benzene ring substituents is 1. The average molecular weight is 291 g/mol. The lowest BCUT2D eigenvalue weighted by atomic mass is 10.1. The molecule has 0 spiro atoms. The number of ether oxygens (including phenoxy) is 1. The molecule has 7 nitrogen and oxygen atoms in total. The molecular weight excluding hydrogens is 274 g/mol. The Bertz CT molecular complexity index is 692. The van der Waals surface area contributed by atoms with E-state index in [4.69, 9.17) is 4.74 Å². The number of aryl methyl sites for hydroxylation is 2. The fraction of sp³-hybridized carbons (Fsp3) is 0.357. The van der Waals surface area contributed by atoms with Crippen LogP contribution in [0.3, 0.4) is 0 Å². The molecule has 1 atom stereocenters. The molecule has 2 aromatic rings. The molecule has 7 heteroatoms. The van der Waals surface area contributed by atoms with E-state index in [-0.39, 0.29) is 11.4 Å². The highest BCUT2D eigenvalue weighted by molar-refractivity contribution is 5.52. The number of nitrogens with zero attached hydrogens (tertiary/aromatic N) is 3. The third-order valence-corrected chi connectivity index (χ3v) is 3.32. The summed E-state index contributed by atoms with van der Waals surface area (Å²) >= 11 is 0. The standard InChI is InChI=1S/C14H17N3O4/c1-8-14(9(2)16(4)15-8)21-13-6-5-11(10(3)18)7-12(13)17(19)20/h5-7,10,18H,1-4H3/t10-/m1/s1. The maximum atomic E-state index is 11.2. The predicted octanol–water partition coefficient (Wildman–Crippen LogP) is 2.79. The molecule has 1 N–H and O–H groups in total. The molecule has 0 radical (unpaired) electrons. The molecule has 0 bridgehead atoms. The first-order valence-electron chi connectivity index (χ1n) is 6.45. The van der Waals surface area contributed by atoms with Crippen molar-refractivity contribution in [2.24, 2.45) is 7.05 Å². The van der Waals surface area contributed by atoms with E-state index in [9.17, 15) is 15.2 Å². The van der Waals surface area contributed by atoms with Crippen LogP contribution in [0.5, 0.6) is 11.5 Å². The van der Waals surface area contributed by atoms with Crippen LogP contribution in [0.4, 0.5) is 5.69 Å². The van der Waals surface area contributed by atoms with E-state index in [2.05, 4.69) is 5.10 Å². The number of aliphatic hydroxyl groups is 1. The van der Waals surface area contributed by atoms with Crippen LogP contribution in [0, 0.1) is 24.0 Å². The van der Waals surface area contributed by atoms with Crippen LogP contribution in [0.15, 0.2) is 18.2 Å². The van der Waals surface area contributed by atoms with Crippen molar-refractivity contribution in [3.05, 3.63) is 45.3 Å². The Labute approximate surface area is 121 Å². The molecule has 1 aromatic heterocycles. The molecule has 0 saturated carbocycles. The molecule has 0 fully saturated rings. The predicted molar refractivity (Wildman–Crippen MR) is 76.5 cm³/mol. The fourth-order valence-electron chi connectivity index (χ4n) is 2.04. The summed E-state index contributed by atoms with van der Waals surface area (Å²) in [5, 5.41) is 24.9. The molecule has 0 saturated heterocycles. The van der Waals surface area contributed by atoms with Gasteiger partial charge in [0.2, 0.25) is 5.75 Å². The van der Waals surface area contributed by atoms with E-state index >= 15 is 0 Å². The van der Waals surface area contributed by atoms with Crippen LogP contribution < -0.4 is 4.74 Å². The number of hydrogen-bond acceptors (Lipinski definition) is 5. The minimum absolute atomic E-state index is 0.128. The largest absolute Gasteiger partial charge is 0.446 e. The molecule has 0 unspecified atom stereocenters. The quantitative estimate of drug-likeness (QED) is 0.691. The van der Waals surface area contributed by atoms with Crippen molar-refractivity contribution in [3.63, 3.8) is 0 Å². The Balaban J connectivity index is 2.46. The molecule has 0 aliphatic carbocycles. The van der Waals surface area contributed by atoms with Gasteiger partial charge in [0.15, 0.2) is 5.75 Å². The Hall–Kier alpha value is -2.41. The summed E-state index contributed by atoms with van der Waals surface area (Å²) in [6, 6.07) is 4.42. The van der Waals surface area contributed by atoms with Crippen LogP contribution in [0.2, 0.25) is 0 Å². The maximum absolute atomic E-state index is 11.2. The third kappa shape index (κ3) is 2.87. The summed E-state index contributed by atoms with van der Waals surface area (Å²) in [5.74, 6) is 0.633. The molecular formula is C14H17N3O4. The van der Waals surface area contributed by atoms with Gasteiger partial charge in [0, 0.05) is 13.1 Å². The lowest BCUT2D eigenvalue weighted by Gasteiger charge is -2.09. The highest BCUT2D eigenvalue weighted by Gasteiger charge is 2.21. The first-order chi connectivity index (χ1) is 9.81. The first-order valence-corrected chi connectivity index (χ1v) is 6.45. The SMILES string of the molecule is Cc1nn(C)c(C)c1Oc1ccc([C@@H](C)O)cc1[N+](=O)[O-]. The Morgan fingerprint density at radius 2 is 2.10 bits per heavy atom. The number of rotatable bonds is 4. The molecule has 112 valence electrons. The minimum atomic E-state index is -0.778. The van der Waals surface area contributed by atoms with Crippen LogP contribution in [0.25, 0.3) is 0 Å². The van der Waals surface area contributed by atoms with E-state index in [1.54, 1.807) is 31.6 Å². The molecule has 0 amide bonds. The second-order valence-corrected chi connectivity index (χ2v) is 4.89. The van der Waals surface area contributed by atoms with Gasteiger partial charge in [0.1, 0.15) is 5.69 Å². The average Bonchev–Trinajstić information content (AvgIpc) is 2.65. The summed E-state index contributed by atoms with van der Waals surface area (Å²) in [6.07, 6.45) is -0.778. The molecule has 1 heterocycles. The maximum Gasteiger partial charge on any atom is 0.311 e. The van der Waals surface area contributed by atoms with Gasteiger partial charge in [-0.3, -0.25) is 14.8 Å². The minimum Gasteiger partial charge on any atom is -0.446 e. The zero-order chi connectivity index (χ0) is 15.7. The van der Waals surface area contributed by atoms with Gasteiger partial charge in [0.05, 0.1) is 16.7 Å². The van der Waals surface area contributed by atoms with Crippen molar-refractivity contribution in [2.45, 2.75) is 26.9 Å². The highest BCUT2D eigenvalue weighted by Crippen LogP contribution is 2.35. The van der Waals surface area contributed by atoms with Gasteiger partial charge in [0.25, 0.3) is 0 Å². The van der Waals surface area contributed by atoms with Gasteiger partial charge in [-0.2, -0.15) is 5.10 Å². The molecule has 21 heavy (non-hydrogen) atoms. The Kier molecular flexibility index (Phi) is 3.95. The second kappa shape index (κ2) is 5.53. The Morgan fingerprint density at radius 3 is 2.57 bits per heavy atom. The molecule has 0 aliphatic heterocycles.